The van der Waals surface area contributed by atoms with Gasteiger partial charge in [0.25, 0.3) is 5.91 Å². The van der Waals surface area contributed by atoms with Gasteiger partial charge in [0.05, 0.1) is 11.6 Å². The molecule has 0 radical (unpaired) electrons. The molecule has 0 aliphatic rings. The second-order valence-corrected chi connectivity index (χ2v) is 4.33. The number of nitrogens with zero attached hydrogens (tertiary/aromatic N) is 1. The van der Waals surface area contributed by atoms with Crippen LogP contribution in [0.5, 0.6) is 0 Å². The van der Waals surface area contributed by atoms with Crippen LogP contribution in [0.4, 0.5) is 13.2 Å². The van der Waals surface area contributed by atoms with Crippen molar-refractivity contribution in [1.29, 1.82) is 5.26 Å². The third kappa shape index (κ3) is 3.71. The Morgan fingerprint density at radius 3 is 2.21 bits per heavy atom. The van der Waals surface area contributed by atoms with Gasteiger partial charge >= 0.3 is 6.18 Å². The molecule has 1 aromatic carbocycles. The minimum atomic E-state index is -4.43. The first kappa shape index (κ1) is 15.0. The van der Waals surface area contributed by atoms with Crippen molar-refractivity contribution in [2.24, 2.45) is 0 Å². The summed E-state index contributed by atoms with van der Waals surface area (Å²) in [7, 11) is 0. The van der Waals surface area contributed by atoms with Gasteiger partial charge in [-0.3, -0.25) is 4.79 Å². The maximum Gasteiger partial charge on any atom is 0.416 e. The largest absolute Gasteiger partial charge is 0.416 e. The van der Waals surface area contributed by atoms with E-state index in [-0.39, 0.29) is 5.56 Å². The van der Waals surface area contributed by atoms with Crippen LogP contribution in [0.1, 0.15) is 36.2 Å². The highest BCUT2D eigenvalue weighted by atomic mass is 19.4. The Morgan fingerprint density at radius 1 is 1.32 bits per heavy atom. The first-order valence-corrected chi connectivity index (χ1v) is 5.63. The fraction of sp³-hybridized carbons (Fsp3) is 0.385. The number of nitrogens with one attached hydrogen (secondary N) is 1. The van der Waals surface area contributed by atoms with Crippen molar-refractivity contribution < 1.29 is 18.0 Å². The number of carbonyl (C=O) groups excluding carboxylic acids is 1. The van der Waals surface area contributed by atoms with E-state index in [0.29, 0.717) is 6.42 Å². The number of halogens is 3. The van der Waals surface area contributed by atoms with Crippen LogP contribution in [0.3, 0.4) is 0 Å². The van der Waals surface area contributed by atoms with Gasteiger partial charge in [-0.05, 0) is 37.6 Å². The summed E-state index contributed by atoms with van der Waals surface area (Å²) < 4.78 is 37.1. The average Bonchev–Trinajstić information content (AvgIpc) is 2.37. The van der Waals surface area contributed by atoms with Crippen LogP contribution in [0.25, 0.3) is 0 Å². The molecule has 0 saturated heterocycles. The number of alkyl halides is 3. The standard InChI is InChI=1S/C13H13F3N2O/c1-3-12(2,8-17)18-11(19)9-4-6-10(7-5-9)13(14,15)16/h4-7H,3H2,1-2H3,(H,18,19)/t12-/m1/s1. The quantitative estimate of drug-likeness (QED) is 0.917. The molecule has 0 heterocycles. The normalized spacial score (nSPS) is 14.3. The molecule has 1 rings (SSSR count). The van der Waals surface area contributed by atoms with Crippen LogP contribution in [0, 0.1) is 11.3 Å². The predicted octanol–water partition coefficient (Wildman–Crippen LogP) is 3.13. The van der Waals surface area contributed by atoms with Gasteiger partial charge in [-0.2, -0.15) is 18.4 Å². The summed E-state index contributed by atoms with van der Waals surface area (Å²) in [6.07, 6.45) is -4.03. The number of amides is 1. The summed E-state index contributed by atoms with van der Waals surface area (Å²) in [5.41, 5.74) is -1.76. The van der Waals surface area contributed by atoms with Crippen LogP contribution in [-0.4, -0.2) is 11.4 Å². The van der Waals surface area contributed by atoms with Crippen LogP contribution in [0.2, 0.25) is 0 Å². The molecular weight excluding hydrogens is 257 g/mol. The van der Waals surface area contributed by atoms with Crippen LogP contribution < -0.4 is 5.32 Å². The predicted molar refractivity (Wildman–Crippen MR) is 63.2 cm³/mol. The van der Waals surface area contributed by atoms with E-state index in [1.807, 2.05) is 6.07 Å². The molecule has 1 amide bonds. The number of rotatable bonds is 3. The van der Waals surface area contributed by atoms with Gasteiger partial charge in [0, 0.05) is 5.56 Å². The molecule has 0 unspecified atom stereocenters. The Balaban J connectivity index is 2.88. The van der Waals surface area contributed by atoms with E-state index in [2.05, 4.69) is 5.32 Å². The van der Waals surface area contributed by atoms with E-state index in [9.17, 15) is 18.0 Å². The smallest absolute Gasteiger partial charge is 0.334 e. The van der Waals surface area contributed by atoms with E-state index < -0.39 is 23.2 Å². The van der Waals surface area contributed by atoms with E-state index in [1.165, 1.54) is 0 Å². The maximum atomic E-state index is 12.4. The third-order valence-corrected chi connectivity index (χ3v) is 2.82. The molecule has 0 spiro atoms. The maximum absolute atomic E-state index is 12.4. The van der Waals surface area contributed by atoms with Gasteiger partial charge in [0.15, 0.2) is 0 Å². The van der Waals surface area contributed by atoms with Crippen molar-refractivity contribution in [3.63, 3.8) is 0 Å². The lowest BCUT2D eigenvalue weighted by atomic mass is 10.0. The topological polar surface area (TPSA) is 52.9 Å². The first-order chi connectivity index (χ1) is 8.72. The molecule has 1 N–H and O–H groups in total. The van der Waals surface area contributed by atoms with Crippen molar-refractivity contribution >= 4 is 5.91 Å². The second-order valence-electron chi connectivity index (χ2n) is 4.33. The van der Waals surface area contributed by atoms with Crippen molar-refractivity contribution in [3.8, 4) is 6.07 Å². The lowest BCUT2D eigenvalue weighted by Crippen LogP contribution is -2.44. The fourth-order valence-electron chi connectivity index (χ4n) is 1.33. The van der Waals surface area contributed by atoms with Gasteiger partial charge < -0.3 is 5.32 Å². The summed E-state index contributed by atoms with van der Waals surface area (Å²) >= 11 is 0. The number of benzene rings is 1. The Hall–Kier alpha value is -2.03. The highest BCUT2D eigenvalue weighted by Crippen LogP contribution is 2.29. The SMILES string of the molecule is CC[C@](C)(C#N)NC(=O)c1ccc(C(F)(F)F)cc1. The Bertz CT molecular complexity index is 502. The molecule has 6 heteroatoms. The first-order valence-electron chi connectivity index (χ1n) is 5.63. The highest BCUT2D eigenvalue weighted by Gasteiger charge is 2.30. The van der Waals surface area contributed by atoms with Gasteiger partial charge in [-0.1, -0.05) is 6.92 Å². The number of hydrogen-bond donors (Lipinski definition) is 1. The molecule has 19 heavy (non-hydrogen) atoms. The molecule has 0 bridgehead atoms. The average molecular weight is 270 g/mol. The zero-order chi connectivity index (χ0) is 14.7. The molecule has 0 fully saturated rings. The molecular formula is C13H13F3N2O. The number of hydrogen-bond acceptors (Lipinski definition) is 2. The van der Waals surface area contributed by atoms with E-state index in [0.717, 1.165) is 24.3 Å². The summed E-state index contributed by atoms with van der Waals surface area (Å²) in [5.74, 6) is -0.570. The van der Waals surface area contributed by atoms with Crippen molar-refractivity contribution in [1.82, 2.24) is 5.32 Å². The third-order valence-electron chi connectivity index (χ3n) is 2.82. The number of carbonyl (C=O) groups is 1. The van der Waals surface area contributed by atoms with Gasteiger partial charge in [0.1, 0.15) is 5.54 Å². The minimum absolute atomic E-state index is 0.0860. The molecule has 0 aromatic heterocycles. The monoisotopic (exact) mass is 270 g/mol. The highest BCUT2D eigenvalue weighted by molar-refractivity contribution is 5.94. The fourth-order valence-corrected chi connectivity index (χ4v) is 1.33. The van der Waals surface area contributed by atoms with Crippen LogP contribution in [0.15, 0.2) is 24.3 Å². The lowest BCUT2D eigenvalue weighted by molar-refractivity contribution is -0.137. The van der Waals surface area contributed by atoms with E-state index >= 15 is 0 Å². The Kier molecular flexibility index (Phi) is 4.20. The van der Waals surface area contributed by atoms with Crippen LogP contribution in [-0.2, 0) is 6.18 Å². The summed E-state index contributed by atoms with van der Waals surface area (Å²) in [4.78, 5) is 11.8. The zero-order valence-corrected chi connectivity index (χ0v) is 10.5. The summed E-state index contributed by atoms with van der Waals surface area (Å²) in [6, 6.07) is 5.81. The minimum Gasteiger partial charge on any atom is -0.334 e. The van der Waals surface area contributed by atoms with Crippen molar-refractivity contribution in [2.45, 2.75) is 32.0 Å². The molecule has 1 atom stereocenters. The van der Waals surface area contributed by atoms with Crippen LogP contribution >= 0.6 is 0 Å². The summed E-state index contributed by atoms with van der Waals surface area (Å²) in [5, 5.41) is 11.4. The molecule has 0 saturated carbocycles. The van der Waals surface area contributed by atoms with Crippen molar-refractivity contribution in [3.05, 3.63) is 35.4 Å². The Morgan fingerprint density at radius 2 is 1.84 bits per heavy atom. The molecule has 1 aromatic rings. The van der Waals surface area contributed by atoms with E-state index in [4.69, 9.17) is 5.26 Å². The molecule has 3 nitrogen and oxygen atoms in total. The number of nitriles is 1. The molecule has 0 aliphatic carbocycles. The Labute approximate surface area is 109 Å². The van der Waals surface area contributed by atoms with E-state index in [1.54, 1.807) is 13.8 Å². The lowest BCUT2D eigenvalue weighted by Gasteiger charge is -2.21. The zero-order valence-electron chi connectivity index (χ0n) is 10.5. The molecule has 102 valence electrons. The van der Waals surface area contributed by atoms with Gasteiger partial charge in [-0.15, -0.1) is 0 Å². The summed E-state index contributed by atoms with van der Waals surface area (Å²) in [6.45, 7) is 3.28. The second kappa shape index (κ2) is 5.31. The van der Waals surface area contributed by atoms with Gasteiger partial charge in [0.2, 0.25) is 0 Å². The van der Waals surface area contributed by atoms with Crippen molar-refractivity contribution in [2.75, 3.05) is 0 Å². The van der Waals surface area contributed by atoms with Gasteiger partial charge in [-0.25, -0.2) is 0 Å². The molecule has 0 aliphatic heterocycles.